The maximum absolute atomic E-state index is 13.5. The fraction of sp³-hybridized carbons (Fsp3) is 0.625. The molecule has 0 atom stereocenters. The van der Waals surface area contributed by atoms with Crippen LogP contribution in [-0.4, -0.2) is 27.1 Å². The second-order valence-corrected chi connectivity index (χ2v) is 8.53. The molecule has 0 N–H and O–H groups in total. The summed E-state index contributed by atoms with van der Waals surface area (Å²) in [5.41, 5.74) is 0.604. The van der Waals surface area contributed by atoms with Gasteiger partial charge in [-0.25, -0.2) is 8.78 Å². The molecule has 0 aliphatic rings. The summed E-state index contributed by atoms with van der Waals surface area (Å²) in [4.78, 5) is 0. The second-order valence-electron chi connectivity index (χ2n) is 6.11. The highest BCUT2D eigenvalue weighted by Crippen LogP contribution is 2.23. The minimum absolute atomic E-state index is 0.0885. The van der Waals surface area contributed by atoms with Crippen molar-refractivity contribution in [2.24, 2.45) is 0 Å². The molecule has 1 aromatic carbocycles. The quantitative estimate of drug-likeness (QED) is 0.666. The Morgan fingerprint density at radius 1 is 0.818 bits per heavy atom. The zero-order valence-corrected chi connectivity index (χ0v) is 15.2. The molecule has 0 saturated heterocycles. The van der Waals surface area contributed by atoms with Crippen molar-refractivity contribution < 1.29 is 22.1 Å². The molecule has 0 amide bonds. The van der Waals surface area contributed by atoms with Crippen LogP contribution in [0.2, 0.25) is 0 Å². The molecule has 126 valence electrons. The number of benzene rings is 1. The van der Waals surface area contributed by atoms with E-state index in [2.05, 4.69) is 0 Å². The topological polar surface area (TPSA) is 27.7 Å². The minimum Gasteiger partial charge on any atom is -0.371 e. The zero-order chi connectivity index (χ0) is 16.9. The van der Waals surface area contributed by atoms with E-state index in [9.17, 15) is 8.78 Å². The molecular weight excluding hydrogens is 306 g/mol. The van der Waals surface area contributed by atoms with Gasteiger partial charge in [0.1, 0.15) is 0 Å². The molecule has 0 radical (unpaired) electrons. The molecule has 0 spiro atoms. The first-order chi connectivity index (χ1) is 10.1. The zero-order valence-electron chi connectivity index (χ0n) is 14.2. The van der Waals surface area contributed by atoms with Gasteiger partial charge in [0.15, 0.2) is 11.6 Å². The minimum atomic E-state index is -3.06. The third kappa shape index (κ3) is 6.12. The van der Waals surface area contributed by atoms with Crippen LogP contribution in [-0.2, 0) is 19.3 Å². The Hall–Kier alpha value is -0.823. The third-order valence-corrected chi connectivity index (χ3v) is 5.98. The molecule has 0 aliphatic heterocycles. The van der Waals surface area contributed by atoms with E-state index in [0.717, 1.165) is 6.07 Å². The fourth-order valence-corrected chi connectivity index (χ4v) is 5.48. The molecule has 3 nitrogen and oxygen atoms in total. The van der Waals surface area contributed by atoms with Crippen LogP contribution in [0.15, 0.2) is 18.2 Å². The lowest BCUT2D eigenvalue weighted by atomic mass is 10.2. The van der Waals surface area contributed by atoms with Crippen molar-refractivity contribution >= 4 is 8.80 Å². The maximum atomic E-state index is 13.5. The summed E-state index contributed by atoms with van der Waals surface area (Å²) in [6.07, 6.45) is -0.265. The number of halogens is 2. The molecule has 0 aromatic heterocycles. The van der Waals surface area contributed by atoms with Crippen molar-refractivity contribution in [1.29, 1.82) is 0 Å². The van der Waals surface area contributed by atoms with Gasteiger partial charge in [-0.05, 0) is 59.2 Å². The first-order valence-corrected chi connectivity index (χ1v) is 9.54. The van der Waals surface area contributed by atoms with Crippen molar-refractivity contribution in [1.82, 2.24) is 0 Å². The van der Waals surface area contributed by atoms with Crippen molar-refractivity contribution in [2.45, 2.75) is 65.9 Å². The van der Waals surface area contributed by atoms with Gasteiger partial charge in [-0.15, -0.1) is 0 Å². The lowest BCUT2D eigenvalue weighted by Crippen LogP contribution is -2.53. The van der Waals surface area contributed by atoms with E-state index < -0.39 is 20.4 Å². The van der Waals surface area contributed by atoms with E-state index in [1.807, 2.05) is 41.5 Å². The van der Waals surface area contributed by atoms with Gasteiger partial charge in [0.05, 0.1) is 0 Å². The molecule has 0 bridgehead atoms. The van der Waals surface area contributed by atoms with Crippen LogP contribution in [0.1, 0.15) is 47.1 Å². The van der Waals surface area contributed by atoms with E-state index >= 15 is 0 Å². The summed E-state index contributed by atoms with van der Waals surface area (Å²) in [6.45, 7) is 11.4. The molecule has 0 aliphatic carbocycles. The van der Waals surface area contributed by atoms with Gasteiger partial charge in [0.25, 0.3) is 0 Å². The van der Waals surface area contributed by atoms with E-state index in [1.165, 1.54) is 12.1 Å². The lowest BCUT2D eigenvalue weighted by molar-refractivity contribution is 0.00235. The molecule has 0 saturated carbocycles. The number of hydrogen-bond donors (Lipinski definition) is 0. The lowest BCUT2D eigenvalue weighted by Gasteiger charge is -2.34. The predicted molar refractivity (Wildman–Crippen MR) is 84.5 cm³/mol. The van der Waals surface area contributed by atoms with Crippen LogP contribution in [0.4, 0.5) is 8.78 Å². The van der Waals surface area contributed by atoms with Crippen LogP contribution in [0.5, 0.6) is 0 Å². The molecule has 0 heterocycles. The van der Waals surface area contributed by atoms with Crippen LogP contribution < -0.4 is 0 Å². The summed E-state index contributed by atoms with van der Waals surface area (Å²) >= 11 is 0. The Morgan fingerprint density at radius 3 is 1.64 bits per heavy atom. The molecule has 0 unspecified atom stereocenters. The average molecular weight is 332 g/mol. The fourth-order valence-electron chi connectivity index (χ4n) is 2.19. The van der Waals surface area contributed by atoms with E-state index in [4.69, 9.17) is 13.3 Å². The van der Waals surface area contributed by atoms with Crippen LogP contribution in [0.25, 0.3) is 0 Å². The largest absolute Gasteiger partial charge is 0.506 e. The Morgan fingerprint density at radius 2 is 1.27 bits per heavy atom. The van der Waals surface area contributed by atoms with Crippen molar-refractivity contribution in [3.63, 3.8) is 0 Å². The monoisotopic (exact) mass is 332 g/mol. The van der Waals surface area contributed by atoms with Gasteiger partial charge in [-0.2, -0.15) is 0 Å². The van der Waals surface area contributed by atoms with Crippen molar-refractivity contribution in [2.75, 3.05) is 0 Å². The van der Waals surface area contributed by atoms with Gasteiger partial charge in [-0.1, -0.05) is 6.07 Å². The maximum Gasteiger partial charge on any atom is 0.506 e. The second kappa shape index (κ2) is 8.15. The van der Waals surface area contributed by atoms with E-state index in [1.54, 1.807) is 0 Å². The number of rotatable bonds is 8. The molecule has 1 rings (SSSR count). The molecule has 22 heavy (non-hydrogen) atoms. The third-order valence-electron chi connectivity index (χ3n) is 2.65. The molecule has 1 aromatic rings. The summed E-state index contributed by atoms with van der Waals surface area (Å²) < 4.78 is 44.6. The first kappa shape index (κ1) is 19.2. The van der Waals surface area contributed by atoms with Crippen molar-refractivity contribution in [3.05, 3.63) is 35.4 Å². The Labute approximate surface area is 133 Å². The van der Waals surface area contributed by atoms with E-state index in [-0.39, 0.29) is 18.3 Å². The SMILES string of the molecule is CC(C)O[Si](Cc1ccc(F)c(F)c1)(OC(C)C)OC(C)C. The summed E-state index contributed by atoms with van der Waals surface area (Å²) in [7, 11) is -3.06. The summed E-state index contributed by atoms with van der Waals surface area (Å²) in [5, 5.41) is 0. The van der Waals surface area contributed by atoms with E-state index in [0.29, 0.717) is 11.6 Å². The number of hydrogen-bond acceptors (Lipinski definition) is 3. The Balaban J connectivity index is 3.11. The molecule has 0 fully saturated rings. The van der Waals surface area contributed by atoms with Gasteiger partial charge < -0.3 is 13.3 Å². The van der Waals surface area contributed by atoms with Crippen LogP contribution in [0, 0.1) is 11.6 Å². The van der Waals surface area contributed by atoms with Gasteiger partial charge in [0.2, 0.25) is 0 Å². The summed E-state index contributed by atoms with van der Waals surface area (Å²) in [6, 6.07) is 4.13. The predicted octanol–water partition coefficient (Wildman–Crippen LogP) is 4.26. The van der Waals surface area contributed by atoms with Gasteiger partial charge in [0, 0.05) is 24.4 Å². The first-order valence-electron chi connectivity index (χ1n) is 7.61. The Kier molecular flexibility index (Phi) is 7.12. The molecule has 6 heteroatoms. The van der Waals surface area contributed by atoms with Gasteiger partial charge >= 0.3 is 8.80 Å². The molecular formula is C16H26F2O3Si. The van der Waals surface area contributed by atoms with Crippen molar-refractivity contribution in [3.8, 4) is 0 Å². The highest BCUT2D eigenvalue weighted by atomic mass is 28.4. The Bertz CT molecular complexity index is 452. The standard InChI is InChI=1S/C16H26F2O3Si/c1-11(2)19-22(20-12(3)4,21-13(5)6)10-14-7-8-15(17)16(18)9-14/h7-9,11-13H,10H2,1-6H3. The highest BCUT2D eigenvalue weighted by Gasteiger charge is 2.44. The van der Waals surface area contributed by atoms with Crippen LogP contribution >= 0.6 is 0 Å². The average Bonchev–Trinajstić information content (AvgIpc) is 2.30. The van der Waals surface area contributed by atoms with Gasteiger partial charge in [-0.3, -0.25) is 0 Å². The highest BCUT2D eigenvalue weighted by molar-refractivity contribution is 6.60. The summed E-state index contributed by atoms with van der Waals surface area (Å²) in [5.74, 6) is -1.74. The smallest absolute Gasteiger partial charge is 0.371 e. The van der Waals surface area contributed by atoms with Crippen LogP contribution in [0.3, 0.4) is 0 Å². The normalized spacial score (nSPS) is 12.7.